The molecule has 2 amide bonds. The Morgan fingerprint density at radius 1 is 1.22 bits per heavy atom. The molecule has 1 atom stereocenters. The lowest BCUT2D eigenvalue weighted by molar-refractivity contribution is -0.130. The molecule has 0 spiro atoms. The normalized spacial score (nSPS) is 18.4. The summed E-state index contributed by atoms with van der Waals surface area (Å²) in [5, 5.41) is 1.08. The predicted octanol–water partition coefficient (Wildman–Crippen LogP) is 0.707. The third kappa shape index (κ3) is 4.86. The Bertz CT molecular complexity index is 1500. The van der Waals surface area contributed by atoms with Gasteiger partial charge < -0.3 is 14.8 Å². The highest BCUT2D eigenvalue weighted by Gasteiger charge is 2.39. The predicted molar refractivity (Wildman–Crippen MR) is 139 cm³/mol. The van der Waals surface area contributed by atoms with Crippen LogP contribution in [0.4, 0.5) is 0 Å². The molecule has 2 aliphatic heterocycles. The molecule has 2 aliphatic rings. The standard InChI is InChI=1S/C24H27N7O4S2/c1-4-15-5-6-18-16(9-15)10-21(27-18)37(34,35)30-7-8-31(17(14-30)11-22(32)29(2)3)24(33)23-28-19-12-25-26-13-20(19)36-23/h1,5-6,9-10,17,25-27H,7-8,11-14H2,2-3H3. The third-order valence-electron chi connectivity index (χ3n) is 6.59. The zero-order chi connectivity index (χ0) is 26.3. The number of piperazine rings is 1. The number of nitrogens with one attached hydrogen (secondary N) is 3. The van der Waals surface area contributed by atoms with Gasteiger partial charge in [-0.3, -0.25) is 20.4 Å². The minimum absolute atomic E-state index is 0.00279. The van der Waals surface area contributed by atoms with Crippen LogP contribution in [0.2, 0.25) is 0 Å². The summed E-state index contributed by atoms with van der Waals surface area (Å²) in [6.07, 6.45) is 5.47. The second-order valence-electron chi connectivity index (χ2n) is 9.18. The number of nitrogens with zero attached hydrogens (tertiary/aromatic N) is 4. The molecule has 11 nitrogen and oxygen atoms in total. The van der Waals surface area contributed by atoms with Crippen LogP contribution >= 0.6 is 11.3 Å². The number of carbonyl (C=O) groups excluding carboxylic acids is 2. The molecule has 1 aromatic carbocycles. The Labute approximate surface area is 218 Å². The summed E-state index contributed by atoms with van der Waals surface area (Å²) in [5.74, 6) is 2.07. The van der Waals surface area contributed by atoms with Gasteiger partial charge in [0, 0.05) is 68.0 Å². The molecule has 0 bridgehead atoms. The molecule has 194 valence electrons. The van der Waals surface area contributed by atoms with Crippen molar-refractivity contribution in [2.45, 2.75) is 30.6 Å². The molecule has 1 unspecified atom stereocenters. The molecule has 5 rings (SSSR count). The van der Waals surface area contributed by atoms with Crippen LogP contribution < -0.4 is 10.9 Å². The minimum Gasteiger partial charge on any atom is -0.349 e. The molecule has 4 heterocycles. The van der Waals surface area contributed by atoms with Crippen LogP contribution in [0.15, 0.2) is 29.3 Å². The van der Waals surface area contributed by atoms with Gasteiger partial charge in [-0.25, -0.2) is 13.4 Å². The van der Waals surface area contributed by atoms with E-state index in [4.69, 9.17) is 6.42 Å². The highest BCUT2D eigenvalue weighted by molar-refractivity contribution is 7.89. The Kier molecular flexibility index (Phi) is 6.78. The van der Waals surface area contributed by atoms with Gasteiger partial charge in [-0.05, 0) is 24.3 Å². The summed E-state index contributed by atoms with van der Waals surface area (Å²) in [6, 6.07) is 6.16. The first kappa shape index (κ1) is 25.4. The number of aromatic amines is 1. The summed E-state index contributed by atoms with van der Waals surface area (Å²) in [4.78, 5) is 37.6. The number of sulfonamides is 1. The van der Waals surface area contributed by atoms with Crippen LogP contribution in [-0.2, 0) is 27.9 Å². The number of hydrogen-bond acceptors (Lipinski definition) is 8. The fraction of sp³-hybridized carbons (Fsp3) is 0.375. The summed E-state index contributed by atoms with van der Waals surface area (Å²) >= 11 is 1.32. The quantitative estimate of drug-likeness (QED) is 0.406. The molecular formula is C24H27N7O4S2. The summed E-state index contributed by atoms with van der Waals surface area (Å²) in [7, 11) is -0.646. The van der Waals surface area contributed by atoms with Crippen LogP contribution in [0.5, 0.6) is 0 Å². The van der Waals surface area contributed by atoms with Gasteiger partial charge in [0.2, 0.25) is 5.91 Å². The van der Waals surface area contributed by atoms with Crippen molar-refractivity contribution in [3.05, 3.63) is 45.4 Å². The van der Waals surface area contributed by atoms with Crippen molar-refractivity contribution in [1.29, 1.82) is 0 Å². The van der Waals surface area contributed by atoms with Gasteiger partial charge >= 0.3 is 0 Å². The van der Waals surface area contributed by atoms with Crippen LogP contribution in [0.3, 0.4) is 0 Å². The van der Waals surface area contributed by atoms with E-state index in [1.807, 2.05) is 0 Å². The van der Waals surface area contributed by atoms with Gasteiger partial charge in [-0.2, -0.15) is 4.31 Å². The van der Waals surface area contributed by atoms with Crippen molar-refractivity contribution < 1.29 is 18.0 Å². The van der Waals surface area contributed by atoms with E-state index in [1.165, 1.54) is 20.5 Å². The van der Waals surface area contributed by atoms with Crippen molar-refractivity contribution in [2.24, 2.45) is 0 Å². The van der Waals surface area contributed by atoms with Gasteiger partial charge in [0.05, 0.1) is 18.3 Å². The Morgan fingerprint density at radius 2 is 2.00 bits per heavy atom. The number of H-pyrrole nitrogens is 1. The largest absolute Gasteiger partial charge is 0.349 e. The van der Waals surface area contributed by atoms with Crippen LogP contribution in [-0.4, -0.2) is 84.1 Å². The van der Waals surface area contributed by atoms with Gasteiger partial charge in [0.1, 0.15) is 5.03 Å². The van der Waals surface area contributed by atoms with Gasteiger partial charge in [-0.15, -0.1) is 17.8 Å². The first-order valence-corrected chi connectivity index (χ1v) is 14.0. The van der Waals surface area contributed by atoms with E-state index in [2.05, 4.69) is 26.7 Å². The molecule has 0 saturated carbocycles. The minimum atomic E-state index is -3.91. The summed E-state index contributed by atoms with van der Waals surface area (Å²) in [6.45, 7) is 1.32. The molecule has 3 N–H and O–H groups in total. The molecule has 1 fully saturated rings. The van der Waals surface area contributed by atoms with E-state index in [0.717, 1.165) is 10.6 Å². The van der Waals surface area contributed by atoms with E-state index in [0.29, 0.717) is 34.6 Å². The zero-order valence-corrected chi connectivity index (χ0v) is 22.1. The molecule has 0 aliphatic carbocycles. The number of benzene rings is 1. The van der Waals surface area contributed by atoms with Gasteiger partial charge in [0.25, 0.3) is 15.9 Å². The number of rotatable bonds is 5. The maximum Gasteiger partial charge on any atom is 0.283 e. The molecule has 0 radical (unpaired) electrons. The first-order valence-electron chi connectivity index (χ1n) is 11.7. The van der Waals surface area contributed by atoms with Gasteiger partial charge in [0.15, 0.2) is 5.01 Å². The number of thiazole rings is 1. The maximum atomic E-state index is 13.6. The second kappa shape index (κ2) is 9.88. The smallest absolute Gasteiger partial charge is 0.283 e. The molecule has 13 heteroatoms. The zero-order valence-electron chi connectivity index (χ0n) is 20.4. The number of hydrogen-bond donors (Lipinski definition) is 3. The Morgan fingerprint density at radius 3 is 2.73 bits per heavy atom. The van der Waals surface area contributed by atoms with E-state index >= 15 is 0 Å². The number of aromatic nitrogens is 2. The maximum absolute atomic E-state index is 13.6. The number of amides is 2. The topological polar surface area (TPSA) is 131 Å². The number of fused-ring (bicyclic) bond motifs is 2. The SMILES string of the molecule is C#Cc1ccc2[nH]c(S(=O)(=O)N3CCN(C(=O)c4nc5c(s4)CNNC5)C(CC(=O)N(C)C)C3)cc2c1. The second-order valence-corrected chi connectivity index (χ2v) is 12.2. The Hall–Kier alpha value is -3.28. The lowest BCUT2D eigenvalue weighted by atomic mass is 10.1. The molecule has 3 aromatic rings. The number of carbonyl (C=O) groups is 2. The van der Waals surface area contributed by atoms with Crippen molar-refractivity contribution in [2.75, 3.05) is 33.7 Å². The first-order chi connectivity index (χ1) is 17.7. The molecule has 1 saturated heterocycles. The van der Waals surface area contributed by atoms with Crippen LogP contribution in [0.25, 0.3) is 10.9 Å². The average Bonchev–Trinajstić information content (AvgIpc) is 3.52. The number of hydrazine groups is 1. The lowest BCUT2D eigenvalue weighted by Gasteiger charge is -2.40. The fourth-order valence-corrected chi connectivity index (χ4v) is 6.97. The van der Waals surface area contributed by atoms with Crippen molar-refractivity contribution in [1.82, 2.24) is 34.9 Å². The van der Waals surface area contributed by atoms with Crippen molar-refractivity contribution >= 4 is 44.1 Å². The average molecular weight is 542 g/mol. The van der Waals surface area contributed by atoms with E-state index in [9.17, 15) is 18.0 Å². The van der Waals surface area contributed by atoms with Gasteiger partial charge in [-0.1, -0.05) is 5.92 Å². The van der Waals surface area contributed by atoms with Crippen LogP contribution in [0.1, 0.15) is 32.4 Å². The lowest BCUT2D eigenvalue weighted by Crippen LogP contribution is -2.57. The van der Waals surface area contributed by atoms with Crippen molar-refractivity contribution in [3.8, 4) is 12.3 Å². The van der Waals surface area contributed by atoms with Crippen molar-refractivity contribution in [3.63, 3.8) is 0 Å². The molecule has 37 heavy (non-hydrogen) atoms. The highest BCUT2D eigenvalue weighted by atomic mass is 32.2. The van der Waals surface area contributed by atoms with E-state index < -0.39 is 16.1 Å². The molecular weight excluding hydrogens is 514 g/mol. The molecule has 2 aromatic heterocycles. The summed E-state index contributed by atoms with van der Waals surface area (Å²) < 4.78 is 28.5. The number of terminal acetylenes is 1. The van der Waals surface area contributed by atoms with E-state index in [1.54, 1.807) is 43.3 Å². The monoisotopic (exact) mass is 541 g/mol. The summed E-state index contributed by atoms with van der Waals surface area (Å²) in [5.41, 5.74) is 8.17. The van der Waals surface area contributed by atoms with E-state index in [-0.39, 0.29) is 42.9 Å². The fourth-order valence-electron chi connectivity index (χ4n) is 4.51. The van der Waals surface area contributed by atoms with Crippen LogP contribution in [0, 0.1) is 12.3 Å². The highest BCUT2D eigenvalue weighted by Crippen LogP contribution is 2.28. The third-order valence-corrected chi connectivity index (χ3v) is 9.46. The Balaban J connectivity index is 1.42.